The summed E-state index contributed by atoms with van der Waals surface area (Å²) < 4.78 is 3.54. The topological polar surface area (TPSA) is 20.2 Å². The number of aliphatic hydroxyl groups is 1. The molecule has 2 bridgehead atoms. The van der Waals surface area contributed by atoms with Crippen LogP contribution in [-0.2, 0) is 0 Å². The van der Waals surface area contributed by atoms with Crippen LogP contribution in [0.2, 0.25) is 8.16 Å². The van der Waals surface area contributed by atoms with E-state index in [1.807, 2.05) is 0 Å². The van der Waals surface area contributed by atoms with E-state index in [0.29, 0.717) is 12.5 Å². The molecule has 3 aliphatic carbocycles. The molecular formula is C15H24OPo. The van der Waals surface area contributed by atoms with Gasteiger partial charge in [-0.3, -0.25) is 0 Å². The summed E-state index contributed by atoms with van der Waals surface area (Å²) in [7, 11) is 0. The van der Waals surface area contributed by atoms with Crippen molar-refractivity contribution < 1.29 is 5.11 Å². The fourth-order valence-electron chi connectivity index (χ4n) is 4.90. The molecule has 0 spiro atoms. The summed E-state index contributed by atoms with van der Waals surface area (Å²) in [5, 5.41) is 9.65. The third-order valence-corrected chi connectivity index (χ3v) is 10.2. The zero-order valence-corrected chi connectivity index (χ0v) is 14.1. The molecular weight excluding hydrogens is 405 g/mol. The molecule has 1 nitrogen and oxygen atoms in total. The summed E-state index contributed by atoms with van der Waals surface area (Å²) in [5.41, 5.74) is 0. The van der Waals surface area contributed by atoms with E-state index in [2.05, 4.69) is 23.7 Å². The van der Waals surface area contributed by atoms with Crippen LogP contribution < -0.4 is 0 Å². The number of hydrogen-bond acceptors (Lipinski definition) is 1. The van der Waals surface area contributed by atoms with Crippen LogP contribution in [-0.4, -0.2) is 35.3 Å². The predicted molar refractivity (Wildman–Crippen MR) is 72.1 cm³/mol. The van der Waals surface area contributed by atoms with Gasteiger partial charge in [-0.1, -0.05) is 0 Å². The SMILES string of the molecule is CCC1CC2CC(CO)C3C=CC1C2[CH]3[Po][CH3]. The summed E-state index contributed by atoms with van der Waals surface area (Å²) in [5.74, 6) is 5.18. The molecule has 7 atom stereocenters. The van der Waals surface area contributed by atoms with Crippen LogP contribution in [0, 0.1) is 35.5 Å². The molecule has 0 aliphatic heterocycles. The Kier molecular flexibility index (Phi) is 3.66. The van der Waals surface area contributed by atoms with Gasteiger partial charge >= 0.3 is 117 Å². The quantitative estimate of drug-likeness (QED) is 0.685. The molecule has 2 fully saturated rings. The number of aliphatic hydroxyl groups excluding tert-OH is 1. The Labute approximate surface area is 117 Å². The fourth-order valence-corrected chi connectivity index (χ4v) is 10.1. The van der Waals surface area contributed by atoms with E-state index in [0.717, 1.165) is 33.2 Å². The second-order valence-corrected chi connectivity index (χ2v) is 10.1. The summed E-state index contributed by atoms with van der Waals surface area (Å²) in [6.07, 6.45) is 9.20. The molecule has 1 N–H and O–H groups in total. The summed E-state index contributed by atoms with van der Waals surface area (Å²) >= 11 is -0.194. The van der Waals surface area contributed by atoms with Crippen molar-refractivity contribution in [2.75, 3.05) is 6.61 Å². The number of allylic oxidation sites excluding steroid dienone is 2. The first-order valence-electron chi connectivity index (χ1n) is 7.12. The van der Waals surface area contributed by atoms with Gasteiger partial charge in [-0.25, -0.2) is 0 Å². The molecule has 0 aromatic heterocycles. The fraction of sp³-hybridized carbons (Fsp3) is 0.867. The maximum absolute atomic E-state index is 9.65. The molecule has 3 rings (SSSR count). The van der Waals surface area contributed by atoms with Gasteiger partial charge in [-0.05, 0) is 0 Å². The molecule has 0 amide bonds. The number of hydrogen-bond donors (Lipinski definition) is 1. The van der Waals surface area contributed by atoms with E-state index in [9.17, 15) is 5.11 Å². The Hall–Kier alpha value is 0.596. The van der Waals surface area contributed by atoms with Gasteiger partial charge in [0.05, 0.1) is 0 Å². The molecule has 2 saturated carbocycles. The van der Waals surface area contributed by atoms with Gasteiger partial charge in [0.25, 0.3) is 0 Å². The minimum atomic E-state index is -0.194. The third kappa shape index (κ3) is 1.86. The van der Waals surface area contributed by atoms with E-state index in [1.54, 1.807) is 0 Å². The van der Waals surface area contributed by atoms with Crippen molar-refractivity contribution >= 4 is 23.6 Å². The number of fused-ring (bicyclic) bond motifs is 1. The first-order valence-corrected chi connectivity index (χ1v) is 12.1. The predicted octanol–water partition coefficient (Wildman–Crippen LogP) is 3.00. The Balaban J connectivity index is 1.94. The standard InChI is InChI=1S/C14H21O.CH3.Po/c1-2-9-5-11-6-12(8-15)10-3-4-13(9)14(11)7-10;;/h3-4,7,9-15H,2,5-6,8H2,1H3;1H3;. The van der Waals surface area contributed by atoms with Crippen LogP contribution in [0.1, 0.15) is 26.2 Å². The second-order valence-electron chi connectivity index (χ2n) is 6.16. The summed E-state index contributed by atoms with van der Waals surface area (Å²) in [4.78, 5) is 0. The minimum absolute atomic E-state index is 0.194. The van der Waals surface area contributed by atoms with Crippen molar-refractivity contribution in [2.45, 2.75) is 34.3 Å². The van der Waals surface area contributed by atoms with Crippen LogP contribution >= 0.6 is 0 Å². The van der Waals surface area contributed by atoms with Gasteiger partial charge < -0.3 is 0 Å². The molecule has 0 aromatic carbocycles. The van der Waals surface area contributed by atoms with Crippen molar-refractivity contribution in [2.24, 2.45) is 35.5 Å². The van der Waals surface area contributed by atoms with Gasteiger partial charge in [-0.2, -0.15) is 0 Å². The van der Waals surface area contributed by atoms with Crippen molar-refractivity contribution in [1.82, 2.24) is 0 Å². The molecule has 0 saturated heterocycles. The normalized spacial score (nSPS) is 51.8. The van der Waals surface area contributed by atoms with Crippen molar-refractivity contribution in [3.63, 3.8) is 0 Å². The average molecular weight is 429 g/mol. The van der Waals surface area contributed by atoms with Gasteiger partial charge in [0.2, 0.25) is 0 Å². The number of rotatable bonds is 3. The zero-order valence-electron chi connectivity index (χ0n) is 10.9. The molecule has 96 valence electrons. The molecule has 7 unspecified atom stereocenters. The third-order valence-electron chi connectivity index (χ3n) is 5.63. The first-order chi connectivity index (χ1) is 8.30. The van der Waals surface area contributed by atoms with Crippen molar-refractivity contribution in [3.8, 4) is 0 Å². The van der Waals surface area contributed by atoms with E-state index in [4.69, 9.17) is 0 Å². The van der Waals surface area contributed by atoms with E-state index < -0.39 is 0 Å². The van der Waals surface area contributed by atoms with Crippen molar-refractivity contribution in [1.29, 1.82) is 0 Å². The van der Waals surface area contributed by atoms with E-state index in [-0.39, 0.29) is 23.6 Å². The van der Waals surface area contributed by atoms with Gasteiger partial charge in [-0.15, -0.1) is 0 Å². The maximum atomic E-state index is 9.65. The Morgan fingerprint density at radius 2 is 1.88 bits per heavy atom. The van der Waals surface area contributed by atoms with Crippen LogP contribution in [0.3, 0.4) is 0 Å². The monoisotopic (exact) mass is 429 g/mol. The molecule has 0 radical (unpaired) electrons. The zero-order chi connectivity index (χ0) is 12.0. The van der Waals surface area contributed by atoms with Gasteiger partial charge in [0.1, 0.15) is 0 Å². The Morgan fingerprint density at radius 3 is 2.53 bits per heavy atom. The molecule has 3 aliphatic rings. The molecule has 2 heteroatoms. The van der Waals surface area contributed by atoms with E-state index >= 15 is 0 Å². The second kappa shape index (κ2) is 4.94. The first kappa shape index (κ1) is 12.6. The molecule has 17 heavy (non-hydrogen) atoms. The van der Waals surface area contributed by atoms with Crippen LogP contribution in [0.4, 0.5) is 0 Å². The summed E-state index contributed by atoms with van der Waals surface area (Å²) in [6, 6.07) is 0. The van der Waals surface area contributed by atoms with E-state index in [1.165, 1.54) is 19.3 Å². The molecule has 0 aromatic rings. The van der Waals surface area contributed by atoms with Crippen LogP contribution in [0.5, 0.6) is 0 Å². The summed E-state index contributed by atoms with van der Waals surface area (Å²) in [6.45, 7) is 2.79. The molecule has 0 heterocycles. The van der Waals surface area contributed by atoms with Crippen LogP contribution in [0.25, 0.3) is 0 Å². The van der Waals surface area contributed by atoms with Crippen LogP contribution in [0.15, 0.2) is 12.2 Å². The Bertz CT molecular complexity index is 314. The van der Waals surface area contributed by atoms with Gasteiger partial charge in [0.15, 0.2) is 0 Å². The van der Waals surface area contributed by atoms with Gasteiger partial charge in [0, 0.05) is 0 Å². The average Bonchev–Trinajstić information content (AvgIpc) is 2.76. The van der Waals surface area contributed by atoms with Crippen molar-refractivity contribution in [3.05, 3.63) is 12.2 Å². The Morgan fingerprint density at radius 1 is 1.18 bits per heavy atom.